The Kier molecular flexibility index (Phi) is 11.5. The maximum Gasteiger partial charge on any atom is 0.308 e. The fourth-order valence-corrected chi connectivity index (χ4v) is 1.25. The van der Waals surface area contributed by atoms with E-state index in [1.807, 2.05) is 20.8 Å². The molecule has 0 N–H and O–H groups in total. The third kappa shape index (κ3) is 11.9. The zero-order chi connectivity index (χ0) is 14.5. The third-order valence-electron chi connectivity index (χ3n) is 2.43. The summed E-state index contributed by atoms with van der Waals surface area (Å²) in [5.74, 6) is -0.0485. The van der Waals surface area contributed by atoms with Gasteiger partial charge in [-0.05, 0) is 6.42 Å². The van der Waals surface area contributed by atoms with Crippen molar-refractivity contribution in [1.82, 2.24) is 0 Å². The predicted molar refractivity (Wildman–Crippen MR) is 72.0 cm³/mol. The molecule has 5 nitrogen and oxygen atoms in total. The SMILES string of the molecule is CCCOCCC(=O)OCCOCCC(=O)C(C)C. The van der Waals surface area contributed by atoms with Gasteiger partial charge in [-0.1, -0.05) is 20.8 Å². The number of esters is 1. The van der Waals surface area contributed by atoms with Gasteiger partial charge in [0.2, 0.25) is 0 Å². The van der Waals surface area contributed by atoms with Crippen molar-refractivity contribution in [3.8, 4) is 0 Å². The average molecular weight is 274 g/mol. The van der Waals surface area contributed by atoms with Crippen LogP contribution in [-0.2, 0) is 23.8 Å². The van der Waals surface area contributed by atoms with Crippen molar-refractivity contribution in [1.29, 1.82) is 0 Å². The van der Waals surface area contributed by atoms with Crippen molar-refractivity contribution in [2.75, 3.05) is 33.0 Å². The number of rotatable bonds is 12. The average Bonchev–Trinajstić information content (AvgIpc) is 2.38. The monoisotopic (exact) mass is 274 g/mol. The van der Waals surface area contributed by atoms with Gasteiger partial charge in [0.25, 0.3) is 0 Å². The first-order valence-electron chi connectivity index (χ1n) is 6.91. The second-order valence-corrected chi connectivity index (χ2v) is 4.57. The van der Waals surface area contributed by atoms with E-state index in [2.05, 4.69) is 0 Å². The molecule has 0 bridgehead atoms. The van der Waals surface area contributed by atoms with Gasteiger partial charge >= 0.3 is 5.97 Å². The Hall–Kier alpha value is -0.940. The summed E-state index contributed by atoms with van der Waals surface area (Å²) in [7, 11) is 0. The van der Waals surface area contributed by atoms with E-state index in [0.29, 0.717) is 32.8 Å². The molecule has 0 aliphatic rings. The molecule has 0 aromatic rings. The van der Waals surface area contributed by atoms with Crippen LogP contribution in [0.1, 0.15) is 40.0 Å². The van der Waals surface area contributed by atoms with Crippen molar-refractivity contribution in [2.45, 2.75) is 40.0 Å². The quantitative estimate of drug-likeness (QED) is 0.402. The lowest BCUT2D eigenvalue weighted by atomic mass is 10.1. The minimum Gasteiger partial charge on any atom is -0.463 e. The minimum absolute atomic E-state index is 0.0459. The molecule has 0 saturated carbocycles. The Morgan fingerprint density at radius 1 is 0.895 bits per heavy atom. The summed E-state index contributed by atoms with van der Waals surface area (Å²) in [6.07, 6.45) is 1.63. The van der Waals surface area contributed by atoms with Crippen LogP contribution in [0.2, 0.25) is 0 Å². The van der Waals surface area contributed by atoms with Crippen LogP contribution in [0, 0.1) is 5.92 Å². The van der Waals surface area contributed by atoms with Gasteiger partial charge in [0.15, 0.2) is 0 Å². The molecule has 0 spiro atoms. The number of carbonyl (C=O) groups excluding carboxylic acids is 2. The molecule has 0 aromatic heterocycles. The molecule has 0 saturated heterocycles. The summed E-state index contributed by atoms with van der Waals surface area (Å²) >= 11 is 0. The van der Waals surface area contributed by atoms with Crippen molar-refractivity contribution in [3.63, 3.8) is 0 Å². The highest BCUT2D eigenvalue weighted by molar-refractivity contribution is 5.80. The molecule has 112 valence electrons. The van der Waals surface area contributed by atoms with Crippen LogP contribution in [0.4, 0.5) is 0 Å². The highest BCUT2D eigenvalue weighted by atomic mass is 16.6. The molecule has 0 rings (SSSR count). The number of hydrogen-bond acceptors (Lipinski definition) is 5. The first kappa shape index (κ1) is 18.1. The van der Waals surface area contributed by atoms with E-state index in [1.54, 1.807) is 0 Å². The van der Waals surface area contributed by atoms with Crippen LogP contribution in [-0.4, -0.2) is 44.8 Å². The van der Waals surface area contributed by atoms with Gasteiger partial charge in [-0.3, -0.25) is 9.59 Å². The Labute approximate surface area is 115 Å². The van der Waals surface area contributed by atoms with E-state index < -0.39 is 0 Å². The van der Waals surface area contributed by atoms with Crippen LogP contribution in [0.15, 0.2) is 0 Å². The Balaban J connectivity index is 3.29. The largest absolute Gasteiger partial charge is 0.463 e. The molecule has 0 radical (unpaired) electrons. The molecular formula is C14H26O5. The van der Waals surface area contributed by atoms with Gasteiger partial charge in [0.1, 0.15) is 12.4 Å². The standard InChI is InChI=1S/C14H26O5/c1-4-7-17-9-6-14(16)19-11-10-18-8-5-13(15)12(2)3/h12H,4-11H2,1-3H3. The van der Waals surface area contributed by atoms with Crippen molar-refractivity contribution in [3.05, 3.63) is 0 Å². The maximum atomic E-state index is 11.3. The topological polar surface area (TPSA) is 61.8 Å². The summed E-state index contributed by atoms with van der Waals surface area (Å²) in [6, 6.07) is 0. The number of hydrogen-bond donors (Lipinski definition) is 0. The fourth-order valence-electron chi connectivity index (χ4n) is 1.25. The Bertz CT molecular complexity index is 250. The smallest absolute Gasteiger partial charge is 0.308 e. The molecule has 0 atom stereocenters. The highest BCUT2D eigenvalue weighted by Gasteiger charge is 2.06. The van der Waals surface area contributed by atoms with E-state index in [4.69, 9.17) is 14.2 Å². The van der Waals surface area contributed by atoms with Gasteiger partial charge in [0, 0.05) is 18.9 Å². The normalized spacial score (nSPS) is 10.7. The molecule has 5 heteroatoms. The van der Waals surface area contributed by atoms with E-state index in [9.17, 15) is 9.59 Å². The molecule has 19 heavy (non-hydrogen) atoms. The first-order chi connectivity index (χ1) is 9.07. The summed E-state index contributed by atoms with van der Waals surface area (Å²) in [6.45, 7) is 7.75. The zero-order valence-electron chi connectivity index (χ0n) is 12.3. The van der Waals surface area contributed by atoms with Crippen molar-refractivity contribution < 1.29 is 23.8 Å². The number of carbonyl (C=O) groups is 2. The van der Waals surface area contributed by atoms with Crippen LogP contribution >= 0.6 is 0 Å². The zero-order valence-corrected chi connectivity index (χ0v) is 12.3. The van der Waals surface area contributed by atoms with Crippen molar-refractivity contribution >= 4 is 11.8 Å². The molecular weight excluding hydrogens is 248 g/mol. The van der Waals surface area contributed by atoms with E-state index in [1.165, 1.54) is 0 Å². The second-order valence-electron chi connectivity index (χ2n) is 4.57. The van der Waals surface area contributed by atoms with Gasteiger partial charge in [-0.2, -0.15) is 0 Å². The Morgan fingerprint density at radius 2 is 1.53 bits per heavy atom. The van der Waals surface area contributed by atoms with Crippen LogP contribution in [0.5, 0.6) is 0 Å². The summed E-state index contributed by atoms with van der Waals surface area (Å²) in [5, 5.41) is 0. The lowest BCUT2D eigenvalue weighted by Crippen LogP contribution is -2.15. The molecule has 0 amide bonds. The third-order valence-corrected chi connectivity index (χ3v) is 2.43. The predicted octanol–water partition coefficient (Wildman–Crippen LogP) is 1.98. The maximum absolute atomic E-state index is 11.3. The number of ether oxygens (including phenoxy) is 3. The molecule has 0 fully saturated rings. The van der Waals surface area contributed by atoms with Crippen LogP contribution < -0.4 is 0 Å². The lowest BCUT2D eigenvalue weighted by Gasteiger charge is -2.07. The first-order valence-corrected chi connectivity index (χ1v) is 6.91. The number of ketones is 1. The van der Waals surface area contributed by atoms with E-state index >= 15 is 0 Å². The van der Waals surface area contributed by atoms with Gasteiger partial charge < -0.3 is 14.2 Å². The van der Waals surface area contributed by atoms with E-state index in [0.717, 1.165) is 6.42 Å². The fraction of sp³-hybridized carbons (Fsp3) is 0.857. The Morgan fingerprint density at radius 3 is 2.16 bits per heavy atom. The van der Waals surface area contributed by atoms with E-state index in [-0.39, 0.29) is 30.7 Å². The molecule has 0 heterocycles. The molecule has 0 aromatic carbocycles. The summed E-state index contributed by atoms with van der Waals surface area (Å²) in [5.41, 5.74) is 0. The number of Topliss-reactive ketones (excluding diaryl/α,β-unsaturated/α-hetero) is 1. The van der Waals surface area contributed by atoms with Crippen LogP contribution in [0.25, 0.3) is 0 Å². The minimum atomic E-state index is -0.280. The van der Waals surface area contributed by atoms with Gasteiger partial charge in [-0.25, -0.2) is 0 Å². The van der Waals surface area contributed by atoms with Crippen LogP contribution in [0.3, 0.4) is 0 Å². The van der Waals surface area contributed by atoms with Crippen molar-refractivity contribution in [2.24, 2.45) is 5.92 Å². The lowest BCUT2D eigenvalue weighted by molar-refractivity contribution is -0.146. The van der Waals surface area contributed by atoms with Gasteiger partial charge in [-0.15, -0.1) is 0 Å². The second kappa shape index (κ2) is 12.1. The summed E-state index contributed by atoms with van der Waals surface area (Å²) < 4.78 is 15.3. The molecule has 0 aliphatic carbocycles. The molecule has 0 unspecified atom stereocenters. The van der Waals surface area contributed by atoms with Gasteiger partial charge in [0.05, 0.1) is 26.2 Å². The summed E-state index contributed by atoms with van der Waals surface area (Å²) in [4.78, 5) is 22.5. The molecule has 0 aliphatic heterocycles. The highest BCUT2D eigenvalue weighted by Crippen LogP contribution is 1.98.